The summed E-state index contributed by atoms with van der Waals surface area (Å²) in [6, 6.07) is 20.1. The Morgan fingerprint density at radius 2 is 1.72 bits per heavy atom. The summed E-state index contributed by atoms with van der Waals surface area (Å²) in [4.78, 5) is 12.8. The van der Waals surface area contributed by atoms with Crippen molar-refractivity contribution in [1.29, 1.82) is 0 Å². The Balaban J connectivity index is 1.52. The number of rotatable bonds is 7. The second-order valence-electron chi connectivity index (χ2n) is 7.76. The van der Waals surface area contributed by atoms with Gasteiger partial charge in [0.1, 0.15) is 0 Å². The maximum Gasteiger partial charge on any atom is 0.228 e. The lowest BCUT2D eigenvalue weighted by atomic mass is 10.0. The van der Waals surface area contributed by atoms with Gasteiger partial charge in [0.05, 0.1) is 44.3 Å². The first kappa shape index (κ1) is 21.4. The number of hydrogen-bond donors (Lipinski definition) is 1. The molecule has 3 aromatic carbocycles. The van der Waals surface area contributed by atoms with Gasteiger partial charge in [-0.1, -0.05) is 48.5 Å². The summed E-state index contributed by atoms with van der Waals surface area (Å²) < 4.78 is 12.5. The van der Waals surface area contributed by atoms with Gasteiger partial charge in [0, 0.05) is 0 Å². The van der Waals surface area contributed by atoms with E-state index in [1.807, 2.05) is 42.8 Å². The third-order valence-electron chi connectivity index (χ3n) is 5.66. The number of ether oxygens (including phenoxy) is 2. The molecule has 4 aromatic rings. The van der Waals surface area contributed by atoms with Crippen molar-refractivity contribution >= 4 is 22.4 Å². The number of nitrogens with zero attached hydrogens (tertiary/aromatic N) is 2. The molecule has 1 aromatic heterocycles. The van der Waals surface area contributed by atoms with Crippen molar-refractivity contribution in [2.45, 2.75) is 26.8 Å². The molecule has 0 bridgehead atoms. The zero-order valence-corrected chi connectivity index (χ0v) is 18.8. The fourth-order valence-corrected chi connectivity index (χ4v) is 3.98. The van der Waals surface area contributed by atoms with E-state index in [0.717, 1.165) is 22.6 Å². The van der Waals surface area contributed by atoms with E-state index >= 15 is 0 Å². The van der Waals surface area contributed by atoms with E-state index in [4.69, 9.17) is 9.47 Å². The molecule has 0 saturated carbocycles. The molecule has 164 valence electrons. The van der Waals surface area contributed by atoms with Gasteiger partial charge in [0.25, 0.3) is 0 Å². The zero-order valence-electron chi connectivity index (χ0n) is 18.8. The SMILES string of the molecule is COc1ccc(CC(=O)Nc2c(C)nn(Cc3cccc4ccccc34)c2C)cc1OC. The topological polar surface area (TPSA) is 65.4 Å². The van der Waals surface area contributed by atoms with Crippen LogP contribution in [0.25, 0.3) is 10.8 Å². The molecule has 32 heavy (non-hydrogen) atoms. The molecular weight excluding hydrogens is 402 g/mol. The van der Waals surface area contributed by atoms with E-state index in [2.05, 4.69) is 40.7 Å². The normalized spacial score (nSPS) is 10.9. The summed E-state index contributed by atoms with van der Waals surface area (Å²) in [5.74, 6) is 1.14. The standard InChI is InChI=1S/C26H27N3O3/c1-17-26(27-25(30)15-19-12-13-23(31-3)24(14-19)32-4)18(2)29(28-17)16-21-10-7-9-20-8-5-6-11-22(20)21/h5-14H,15-16H2,1-4H3,(H,27,30). The molecule has 6 heteroatoms. The summed E-state index contributed by atoms with van der Waals surface area (Å²) in [7, 11) is 3.17. The number of anilines is 1. The molecule has 0 radical (unpaired) electrons. The number of aromatic nitrogens is 2. The Bertz CT molecular complexity index is 1270. The molecule has 6 nitrogen and oxygen atoms in total. The van der Waals surface area contributed by atoms with Gasteiger partial charge in [-0.25, -0.2) is 0 Å². The van der Waals surface area contributed by atoms with Crippen LogP contribution in [0.2, 0.25) is 0 Å². The number of methoxy groups -OCH3 is 2. The quantitative estimate of drug-likeness (QED) is 0.454. The van der Waals surface area contributed by atoms with Gasteiger partial charge in [0.15, 0.2) is 11.5 Å². The lowest BCUT2D eigenvalue weighted by molar-refractivity contribution is -0.115. The highest BCUT2D eigenvalue weighted by Gasteiger charge is 2.16. The third kappa shape index (κ3) is 4.30. The second kappa shape index (κ2) is 9.14. The number of hydrogen-bond acceptors (Lipinski definition) is 4. The number of fused-ring (bicyclic) bond motifs is 1. The molecule has 0 unspecified atom stereocenters. The van der Waals surface area contributed by atoms with Crippen LogP contribution in [0.15, 0.2) is 60.7 Å². The van der Waals surface area contributed by atoms with Crippen LogP contribution in [0.3, 0.4) is 0 Å². The lowest BCUT2D eigenvalue weighted by Gasteiger charge is -2.11. The van der Waals surface area contributed by atoms with Crippen LogP contribution >= 0.6 is 0 Å². The van der Waals surface area contributed by atoms with Crippen LogP contribution in [0, 0.1) is 13.8 Å². The lowest BCUT2D eigenvalue weighted by Crippen LogP contribution is -2.15. The highest BCUT2D eigenvalue weighted by molar-refractivity contribution is 5.93. The molecule has 0 saturated heterocycles. The Hall–Kier alpha value is -3.80. The number of carbonyl (C=O) groups excluding carboxylic acids is 1. The molecule has 0 aliphatic heterocycles. The fraction of sp³-hybridized carbons (Fsp3) is 0.231. The van der Waals surface area contributed by atoms with Gasteiger partial charge in [-0.05, 0) is 47.9 Å². The van der Waals surface area contributed by atoms with Crippen LogP contribution < -0.4 is 14.8 Å². The van der Waals surface area contributed by atoms with Crippen molar-refractivity contribution in [3.8, 4) is 11.5 Å². The van der Waals surface area contributed by atoms with E-state index < -0.39 is 0 Å². The third-order valence-corrected chi connectivity index (χ3v) is 5.66. The van der Waals surface area contributed by atoms with Gasteiger partial charge in [-0.2, -0.15) is 5.10 Å². The molecule has 0 aliphatic rings. The molecule has 1 heterocycles. The zero-order chi connectivity index (χ0) is 22.7. The Labute approximate surface area is 187 Å². The minimum absolute atomic E-state index is 0.104. The second-order valence-corrected chi connectivity index (χ2v) is 7.76. The van der Waals surface area contributed by atoms with Gasteiger partial charge >= 0.3 is 0 Å². The molecular formula is C26H27N3O3. The smallest absolute Gasteiger partial charge is 0.228 e. The van der Waals surface area contributed by atoms with Crippen LogP contribution in [0.5, 0.6) is 11.5 Å². The van der Waals surface area contributed by atoms with Crippen LogP contribution in [-0.4, -0.2) is 29.9 Å². The van der Waals surface area contributed by atoms with E-state index in [0.29, 0.717) is 18.0 Å². The first-order chi connectivity index (χ1) is 15.5. The van der Waals surface area contributed by atoms with E-state index in [9.17, 15) is 4.79 Å². The Morgan fingerprint density at radius 3 is 2.50 bits per heavy atom. The van der Waals surface area contributed by atoms with Crippen LogP contribution in [0.1, 0.15) is 22.5 Å². The Morgan fingerprint density at radius 1 is 0.969 bits per heavy atom. The summed E-state index contributed by atoms with van der Waals surface area (Å²) in [6.45, 7) is 4.54. The van der Waals surface area contributed by atoms with Crippen molar-refractivity contribution < 1.29 is 14.3 Å². The fourth-order valence-electron chi connectivity index (χ4n) is 3.98. The predicted molar refractivity (Wildman–Crippen MR) is 127 cm³/mol. The van der Waals surface area contributed by atoms with E-state index in [1.165, 1.54) is 16.3 Å². The molecule has 0 spiro atoms. The summed E-state index contributed by atoms with van der Waals surface area (Å²) in [5, 5.41) is 10.1. The van der Waals surface area contributed by atoms with Crippen LogP contribution in [0.4, 0.5) is 5.69 Å². The minimum atomic E-state index is -0.104. The maximum atomic E-state index is 12.8. The Kier molecular flexibility index (Phi) is 6.12. The predicted octanol–water partition coefficient (Wildman–Crippen LogP) is 4.90. The molecule has 0 fully saturated rings. The van der Waals surface area contributed by atoms with Gasteiger partial charge in [0.2, 0.25) is 5.91 Å². The molecule has 0 aliphatic carbocycles. The molecule has 0 atom stereocenters. The van der Waals surface area contributed by atoms with Crippen LogP contribution in [-0.2, 0) is 17.8 Å². The van der Waals surface area contributed by atoms with Gasteiger partial charge < -0.3 is 14.8 Å². The number of nitrogens with one attached hydrogen (secondary N) is 1. The minimum Gasteiger partial charge on any atom is -0.493 e. The first-order valence-corrected chi connectivity index (χ1v) is 10.5. The highest BCUT2D eigenvalue weighted by atomic mass is 16.5. The molecule has 4 rings (SSSR count). The van der Waals surface area contributed by atoms with Crippen molar-refractivity contribution in [1.82, 2.24) is 9.78 Å². The van der Waals surface area contributed by atoms with Crippen molar-refractivity contribution in [3.63, 3.8) is 0 Å². The van der Waals surface area contributed by atoms with E-state index in [1.54, 1.807) is 20.3 Å². The number of aryl methyl sites for hydroxylation is 1. The molecule has 1 N–H and O–H groups in total. The average Bonchev–Trinajstić information content (AvgIpc) is 3.06. The number of carbonyl (C=O) groups is 1. The van der Waals surface area contributed by atoms with Crippen molar-refractivity contribution in [2.75, 3.05) is 19.5 Å². The monoisotopic (exact) mass is 429 g/mol. The highest BCUT2D eigenvalue weighted by Crippen LogP contribution is 2.28. The number of benzene rings is 3. The summed E-state index contributed by atoms with van der Waals surface area (Å²) in [6.07, 6.45) is 0.230. The van der Waals surface area contributed by atoms with Crippen molar-refractivity contribution in [3.05, 3.63) is 83.2 Å². The average molecular weight is 430 g/mol. The first-order valence-electron chi connectivity index (χ1n) is 10.5. The van der Waals surface area contributed by atoms with Gasteiger partial charge in [-0.3, -0.25) is 9.48 Å². The summed E-state index contributed by atoms with van der Waals surface area (Å²) in [5.41, 5.74) is 4.52. The summed E-state index contributed by atoms with van der Waals surface area (Å²) >= 11 is 0. The number of amides is 1. The van der Waals surface area contributed by atoms with Gasteiger partial charge in [-0.15, -0.1) is 0 Å². The maximum absolute atomic E-state index is 12.8. The largest absolute Gasteiger partial charge is 0.493 e. The van der Waals surface area contributed by atoms with E-state index in [-0.39, 0.29) is 12.3 Å². The van der Waals surface area contributed by atoms with Crippen molar-refractivity contribution in [2.24, 2.45) is 0 Å². The molecule has 1 amide bonds.